The van der Waals surface area contributed by atoms with Crippen molar-refractivity contribution < 1.29 is 14.4 Å². The molecule has 0 bridgehead atoms. The van der Waals surface area contributed by atoms with Crippen LogP contribution in [0.2, 0.25) is 5.02 Å². The van der Waals surface area contributed by atoms with E-state index in [1.807, 2.05) is 4.90 Å². The molecule has 1 fully saturated rings. The summed E-state index contributed by atoms with van der Waals surface area (Å²) < 4.78 is 0. The fourth-order valence-corrected chi connectivity index (χ4v) is 4.29. The van der Waals surface area contributed by atoms with Gasteiger partial charge in [-0.2, -0.15) is 0 Å². The standard InChI is InChI=1S/C23H21Cl2N3O3/c1-14-5-4-10-27(13-14)21(29)15-6-2-8-17(11-15)26-20-19(25)22(30)28(23(20)31)18-9-3-7-16(24)12-18/h2-3,6-9,11-12,14,26H,4-5,10,13H2,1H3. The molecule has 1 saturated heterocycles. The number of benzene rings is 2. The quantitative estimate of drug-likeness (QED) is 0.678. The molecule has 2 aromatic rings. The fourth-order valence-electron chi connectivity index (χ4n) is 3.89. The third-order valence-corrected chi connectivity index (χ3v) is 6.00. The lowest BCUT2D eigenvalue weighted by Gasteiger charge is -2.31. The van der Waals surface area contributed by atoms with Gasteiger partial charge in [-0.1, -0.05) is 42.3 Å². The number of anilines is 2. The van der Waals surface area contributed by atoms with Crippen molar-refractivity contribution in [2.45, 2.75) is 19.8 Å². The van der Waals surface area contributed by atoms with E-state index < -0.39 is 11.8 Å². The third kappa shape index (κ3) is 4.31. The number of carbonyl (C=O) groups excluding carboxylic acids is 3. The Morgan fingerprint density at radius 2 is 1.84 bits per heavy atom. The summed E-state index contributed by atoms with van der Waals surface area (Å²) in [5.74, 6) is -0.794. The summed E-state index contributed by atoms with van der Waals surface area (Å²) in [7, 11) is 0. The predicted octanol–water partition coefficient (Wildman–Crippen LogP) is 4.65. The Balaban J connectivity index is 1.55. The van der Waals surface area contributed by atoms with Gasteiger partial charge in [0.1, 0.15) is 10.7 Å². The number of likely N-dealkylation sites (tertiary alicyclic amines) is 1. The molecule has 0 saturated carbocycles. The van der Waals surface area contributed by atoms with Gasteiger partial charge >= 0.3 is 0 Å². The van der Waals surface area contributed by atoms with Gasteiger partial charge in [0.25, 0.3) is 17.7 Å². The first-order valence-corrected chi connectivity index (χ1v) is 10.8. The minimum Gasteiger partial charge on any atom is -0.350 e. The Hall–Kier alpha value is -2.83. The molecule has 0 aliphatic carbocycles. The normalized spacial score (nSPS) is 19.3. The molecule has 0 aromatic heterocycles. The van der Waals surface area contributed by atoms with E-state index in [1.54, 1.807) is 42.5 Å². The van der Waals surface area contributed by atoms with Crippen molar-refractivity contribution in [1.82, 2.24) is 4.90 Å². The first-order chi connectivity index (χ1) is 14.8. The lowest BCUT2D eigenvalue weighted by atomic mass is 9.99. The average molecular weight is 458 g/mol. The summed E-state index contributed by atoms with van der Waals surface area (Å²) in [6, 6.07) is 13.3. The zero-order valence-electron chi connectivity index (χ0n) is 16.9. The molecule has 6 nitrogen and oxygen atoms in total. The topological polar surface area (TPSA) is 69.7 Å². The van der Waals surface area contributed by atoms with E-state index in [0.717, 1.165) is 30.8 Å². The lowest BCUT2D eigenvalue weighted by Crippen LogP contribution is -2.39. The number of carbonyl (C=O) groups is 3. The van der Waals surface area contributed by atoms with Crippen molar-refractivity contribution in [1.29, 1.82) is 0 Å². The van der Waals surface area contributed by atoms with Crippen LogP contribution < -0.4 is 10.2 Å². The Bertz CT molecular complexity index is 1100. The molecular weight excluding hydrogens is 437 g/mol. The van der Waals surface area contributed by atoms with Gasteiger partial charge in [-0.25, -0.2) is 4.90 Å². The van der Waals surface area contributed by atoms with Gasteiger partial charge in [0, 0.05) is 29.4 Å². The van der Waals surface area contributed by atoms with Gasteiger partial charge in [0.05, 0.1) is 5.69 Å². The van der Waals surface area contributed by atoms with Crippen LogP contribution in [0.15, 0.2) is 59.3 Å². The highest BCUT2D eigenvalue weighted by molar-refractivity contribution is 6.53. The maximum absolute atomic E-state index is 12.9. The van der Waals surface area contributed by atoms with Gasteiger partial charge in [0.15, 0.2) is 0 Å². The lowest BCUT2D eigenvalue weighted by molar-refractivity contribution is -0.120. The molecule has 1 atom stereocenters. The summed E-state index contributed by atoms with van der Waals surface area (Å²) in [6.45, 7) is 3.61. The number of piperidine rings is 1. The minimum absolute atomic E-state index is 0.0390. The molecule has 160 valence electrons. The Labute approximate surface area is 190 Å². The number of nitrogens with one attached hydrogen (secondary N) is 1. The van der Waals surface area contributed by atoms with Crippen molar-refractivity contribution in [3.63, 3.8) is 0 Å². The SMILES string of the molecule is CC1CCCN(C(=O)c2cccc(NC3=C(Cl)C(=O)N(c4cccc(Cl)c4)C3=O)c2)C1. The molecule has 1 unspecified atom stereocenters. The summed E-state index contributed by atoms with van der Waals surface area (Å²) in [6.07, 6.45) is 2.11. The van der Waals surface area contributed by atoms with Crippen molar-refractivity contribution in [3.05, 3.63) is 69.8 Å². The Morgan fingerprint density at radius 3 is 2.58 bits per heavy atom. The van der Waals surface area contributed by atoms with Crippen LogP contribution in [0.3, 0.4) is 0 Å². The largest absolute Gasteiger partial charge is 0.350 e. The van der Waals surface area contributed by atoms with Crippen LogP contribution in [0, 0.1) is 5.92 Å². The molecule has 4 rings (SSSR count). The third-order valence-electron chi connectivity index (χ3n) is 5.42. The molecule has 8 heteroatoms. The summed E-state index contributed by atoms with van der Waals surface area (Å²) in [5, 5.41) is 3.11. The van der Waals surface area contributed by atoms with Gasteiger partial charge in [-0.3, -0.25) is 14.4 Å². The molecule has 2 heterocycles. The molecule has 0 spiro atoms. The zero-order chi connectivity index (χ0) is 22.1. The molecule has 2 aliphatic heterocycles. The average Bonchev–Trinajstić information content (AvgIpc) is 2.96. The number of nitrogens with zero attached hydrogens (tertiary/aromatic N) is 2. The minimum atomic E-state index is -0.633. The highest BCUT2D eigenvalue weighted by Gasteiger charge is 2.39. The monoisotopic (exact) mass is 457 g/mol. The highest BCUT2D eigenvalue weighted by Crippen LogP contribution is 2.31. The molecule has 2 aromatic carbocycles. The maximum atomic E-state index is 12.9. The van der Waals surface area contributed by atoms with Crippen molar-refractivity contribution >= 4 is 52.3 Å². The molecule has 0 radical (unpaired) electrons. The van der Waals surface area contributed by atoms with Crippen molar-refractivity contribution in [3.8, 4) is 0 Å². The van der Waals surface area contributed by atoms with E-state index in [1.165, 1.54) is 6.07 Å². The molecule has 1 N–H and O–H groups in total. The van der Waals surface area contributed by atoms with Gasteiger partial charge in [-0.15, -0.1) is 0 Å². The summed E-state index contributed by atoms with van der Waals surface area (Å²) >= 11 is 12.2. The van der Waals surface area contributed by atoms with E-state index in [4.69, 9.17) is 23.2 Å². The van der Waals surface area contributed by atoms with Crippen LogP contribution in [0.1, 0.15) is 30.1 Å². The number of hydrogen-bond donors (Lipinski definition) is 1. The van der Waals surface area contributed by atoms with Crippen LogP contribution in [0.4, 0.5) is 11.4 Å². The second kappa shape index (κ2) is 8.73. The van der Waals surface area contributed by atoms with Gasteiger partial charge in [0.2, 0.25) is 0 Å². The smallest absolute Gasteiger partial charge is 0.283 e. The van der Waals surface area contributed by atoms with Crippen molar-refractivity contribution in [2.24, 2.45) is 5.92 Å². The molecular formula is C23H21Cl2N3O3. The number of imide groups is 1. The van der Waals surface area contributed by atoms with E-state index >= 15 is 0 Å². The fraction of sp³-hybridized carbons (Fsp3) is 0.261. The number of hydrogen-bond acceptors (Lipinski definition) is 4. The van der Waals surface area contributed by atoms with E-state index in [2.05, 4.69) is 12.2 Å². The zero-order valence-corrected chi connectivity index (χ0v) is 18.4. The second-order valence-electron chi connectivity index (χ2n) is 7.82. The summed E-state index contributed by atoms with van der Waals surface area (Å²) in [4.78, 5) is 41.3. The number of halogens is 2. The summed E-state index contributed by atoms with van der Waals surface area (Å²) in [5.41, 5.74) is 1.31. The van der Waals surface area contributed by atoms with Crippen LogP contribution in [0.25, 0.3) is 0 Å². The predicted molar refractivity (Wildman–Crippen MR) is 121 cm³/mol. The van der Waals surface area contributed by atoms with Crippen LogP contribution in [-0.4, -0.2) is 35.7 Å². The van der Waals surface area contributed by atoms with Crippen LogP contribution >= 0.6 is 23.2 Å². The first-order valence-electron chi connectivity index (χ1n) is 10.1. The number of amides is 3. The molecule has 3 amide bonds. The molecule has 31 heavy (non-hydrogen) atoms. The molecule has 2 aliphatic rings. The van der Waals surface area contributed by atoms with E-state index in [9.17, 15) is 14.4 Å². The second-order valence-corrected chi connectivity index (χ2v) is 8.63. The first kappa shape index (κ1) is 21.4. The van der Waals surface area contributed by atoms with E-state index in [-0.39, 0.29) is 16.6 Å². The maximum Gasteiger partial charge on any atom is 0.283 e. The van der Waals surface area contributed by atoms with E-state index in [0.29, 0.717) is 27.9 Å². The number of rotatable bonds is 4. The Morgan fingerprint density at radius 1 is 1.06 bits per heavy atom. The van der Waals surface area contributed by atoms with Crippen LogP contribution in [0.5, 0.6) is 0 Å². The van der Waals surface area contributed by atoms with Gasteiger partial charge in [-0.05, 0) is 55.2 Å². The van der Waals surface area contributed by atoms with Crippen LogP contribution in [-0.2, 0) is 9.59 Å². The Kier molecular flexibility index (Phi) is 6.03. The highest BCUT2D eigenvalue weighted by atomic mass is 35.5. The van der Waals surface area contributed by atoms with Gasteiger partial charge < -0.3 is 10.2 Å². The van der Waals surface area contributed by atoms with Crippen molar-refractivity contribution in [2.75, 3.05) is 23.3 Å².